The van der Waals surface area contributed by atoms with E-state index in [1.165, 1.54) is 28.3 Å². The zero-order valence-electron chi connectivity index (χ0n) is 25.8. The number of aromatic hydroxyl groups is 1. The Kier molecular flexibility index (Phi) is 11.2. The van der Waals surface area contributed by atoms with Crippen molar-refractivity contribution in [1.82, 2.24) is 4.90 Å². The summed E-state index contributed by atoms with van der Waals surface area (Å²) < 4.78 is 17.4. The monoisotopic (exact) mass is 611 g/mol. The number of phenolic OH excluding ortho intramolecular Hbond substituents is 1. The molecule has 2 N–H and O–H groups in total. The number of nitrogens with zero attached hydrogens (tertiary/aromatic N) is 1. The Morgan fingerprint density at radius 1 is 1.30 bits per heavy atom. The van der Waals surface area contributed by atoms with E-state index in [4.69, 9.17) is 14.2 Å². The number of amides is 1. The lowest BCUT2D eigenvalue weighted by atomic mass is 9.73. The number of hydrogen-bond donors (Lipinski definition) is 2. The molecule has 0 spiro atoms. The molecule has 1 aromatic rings. The maximum atomic E-state index is 12.9. The number of ether oxygens (including phenoxy) is 3. The van der Waals surface area contributed by atoms with Crippen molar-refractivity contribution < 1.29 is 34.0 Å². The molecule has 1 aromatic carbocycles. The zero-order chi connectivity index (χ0) is 31.3. The van der Waals surface area contributed by atoms with Crippen LogP contribution in [0.3, 0.4) is 0 Å². The van der Waals surface area contributed by atoms with Gasteiger partial charge < -0.3 is 24.4 Å². The van der Waals surface area contributed by atoms with Crippen LogP contribution in [-0.4, -0.2) is 58.5 Å². The van der Waals surface area contributed by atoms with Crippen LogP contribution >= 0.6 is 11.8 Å². The van der Waals surface area contributed by atoms with Crippen LogP contribution in [0.5, 0.6) is 11.5 Å². The van der Waals surface area contributed by atoms with Crippen molar-refractivity contribution in [2.75, 3.05) is 20.0 Å². The summed E-state index contributed by atoms with van der Waals surface area (Å²) in [6, 6.07) is 3.85. The molecule has 234 valence electrons. The number of β-lactam (4-membered cyclic amide) rings is 1. The van der Waals surface area contributed by atoms with Gasteiger partial charge in [0.05, 0.1) is 18.6 Å². The second-order valence-electron chi connectivity index (χ2n) is 11.8. The van der Waals surface area contributed by atoms with Gasteiger partial charge in [-0.25, -0.2) is 4.79 Å². The fraction of sp³-hybridized carbons (Fsp3) is 0.529. The molecule has 4 rings (SSSR count). The van der Waals surface area contributed by atoms with Crippen molar-refractivity contribution in [1.29, 1.82) is 0 Å². The minimum Gasteiger partial charge on any atom is -0.507 e. The van der Waals surface area contributed by atoms with Gasteiger partial charge in [-0.3, -0.25) is 9.69 Å². The second kappa shape index (κ2) is 14.6. The van der Waals surface area contributed by atoms with Gasteiger partial charge in [-0.2, -0.15) is 0 Å². The molecule has 1 saturated heterocycles. The second-order valence-corrected chi connectivity index (χ2v) is 13.0. The van der Waals surface area contributed by atoms with Gasteiger partial charge in [0.1, 0.15) is 29.2 Å². The predicted octanol–water partition coefficient (Wildman–Crippen LogP) is 6.35. The molecule has 2 heterocycles. The van der Waals surface area contributed by atoms with E-state index in [2.05, 4.69) is 33.1 Å². The van der Waals surface area contributed by atoms with Crippen LogP contribution in [0.4, 0.5) is 0 Å². The first-order chi connectivity index (χ1) is 20.6. The molecular formula is C34H45NO7S. The van der Waals surface area contributed by atoms with Gasteiger partial charge in [0.25, 0.3) is 0 Å². The first-order valence-electron chi connectivity index (χ1n) is 15.2. The van der Waals surface area contributed by atoms with Crippen LogP contribution in [0.2, 0.25) is 0 Å². The predicted molar refractivity (Wildman–Crippen MR) is 168 cm³/mol. The molecule has 43 heavy (non-hydrogen) atoms. The van der Waals surface area contributed by atoms with Crippen molar-refractivity contribution in [3.63, 3.8) is 0 Å². The number of carbonyl (C=O) groups is 2. The third-order valence-electron chi connectivity index (χ3n) is 8.39. The van der Waals surface area contributed by atoms with Crippen LogP contribution in [0.15, 0.2) is 59.2 Å². The summed E-state index contributed by atoms with van der Waals surface area (Å²) in [5.74, 6) is -0.666. The molecule has 0 radical (unpaired) electrons. The average molecular weight is 612 g/mol. The molecule has 8 nitrogen and oxygen atoms in total. The molecule has 1 amide bonds. The van der Waals surface area contributed by atoms with E-state index in [0.717, 1.165) is 55.2 Å². The summed E-state index contributed by atoms with van der Waals surface area (Å²) in [4.78, 5) is 27.6. The van der Waals surface area contributed by atoms with Gasteiger partial charge in [-0.15, -0.1) is 0 Å². The van der Waals surface area contributed by atoms with Gasteiger partial charge in [-0.05, 0) is 70.1 Å². The first kappa shape index (κ1) is 32.9. The van der Waals surface area contributed by atoms with Crippen LogP contribution in [-0.2, 0) is 25.5 Å². The van der Waals surface area contributed by atoms with Crippen LogP contribution in [0, 0.1) is 11.8 Å². The number of unbranched alkanes of at least 4 members (excludes halogenated alkanes) is 2. The van der Waals surface area contributed by atoms with Gasteiger partial charge >= 0.3 is 5.97 Å². The number of carbonyl (C=O) groups excluding carboxylic acids is 2. The van der Waals surface area contributed by atoms with Crippen LogP contribution < -0.4 is 4.74 Å². The van der Waals surface area contributed by atoms with Crippen molar-refractivity contribution in [2.24, 2.45) is 11.8 Å². The number of esters is 1. The highest BCUT2D eigenvalue weighted by Gasteiger charge is 2.57. The molecule has 3 aliphatic rings. The van der Waals surface area contributed by atoms with E-state index in [-0.39, 0.29) is 54.6 Å². The third-order valence-corrected chi connectivity index (χ3v) is 9.73. The van der Waals surface area contributed by atoms with Crippen molar-refractivity contribution in [2.45, 2.75) is 83.6 Å². The van der Waals surface area contributed by atoms with E-state index in [9.17, 15) is 19.8 Å². The van der Waals surface area contributed by atoms with Crippen molar-refractivity contribution in [3.05, 3.63) is 70.3 Å². The number of thioether (sulfide) groups is 1. The Balaban J connectivity index is 1.55. The number of aliphatic hydroxyl groups excluding tert-OH is 1. The molecular weight excluding hydrogens is 566 g/mol. The number of allylic oxidation sites excluding steroid dienone is 3. The van der Waals surface area contributed by atoms with Gasteiger partial charge in [0, 0.05) is 16.4 Å². The van der Waals surface area contributed by atoms with Crippen LogP contribution in [0.1, 0.15) is 76.8 Å². The van der Waals surface area contributed by atoms with E-state index >= 15 is 0 Å². The van der Waals surface area contributed by atoms with E-state index in [0.29, 0.717) is 10.7 Å². The van der Waals surface area contributed by atoms with E-state index in [1.807, 2.05) is 19.1 Å². The van der Waals surface area contributed by atoms with Crippen molar-refractivity contribution in [3.8, 4) is 11.5 Å². The quantitative estimate of drug-likeness (QED) is 0.0778. The number of aryl methyl sites for hydroxylation is 1. The minimum absolute atomic E-state index is 0.0118. The Labute approximate surface area is 259 Å². The first-order valence-corrected chi connectivity index (χ1v) is 16.0. The highest BCUT2D eigenvalue weighted by Crippen LogP contribution is 2.51. The zero-order valence-corrected chi connectivity index (χ0v) is 26.6. The highest BCUT2D eigenvalue weighted by atomic mass is 32.2. The smallest absolute Gasteiger partial charge is 0.356 e. The molecule has 5 atom stereocenters. The van der Waals surface area contributed by atoms with Gasteiger partial charge in [-0.1, -0.05) is 68.0 Å². The number of rotatable bonds is 15. The van der Waals surface area contributed by atoms with Crippen molar-refractivity contribution >= 4 is 23.6 Å². The molecule has 1 fully saturated rings. The molecule has 1 aliphatic carbocycles. The summed E-state index contributed by atoms with van der Waals surface area (Å²) in [5.41, 5.74) is 4.21. The summed E-state index contributed by atoms with van der Waals surface area (Å²) in [5, 5.41) is 21.0. The summed E-state index contributed by atoms with van der Waals surface area (Å²) in [7, 11) is 0. The largest absolute Gasteiger partial charge is 0.507 e. The molecule has 9 heteroatoms. The SMILES string of the molecule is C=CCOC(=O)C1=C(COCOc2cc(CCCCC)cc(O)c2[C@@H]2C=C(C)CC[C@H]2C(=C)C)SC2[C@@H]([C@@H](C)O)C(=O)N12. The molecule has 0 bridgehead atoms. The fourth-order valence-corrected chi connectivity index (χ4v) is 7.68. The molecule has 0 aromatic heterocycles. The van der Waals surface area contributed by atoms with E-state index < -0.39 is 18.0 Å². The average Bonchev–Trinajstić information content (AvgIpc) is 3.27. The third kappa shape index (κ3) is 7.21. The Morgan fingerprint density at radius 2 is 2.07 bits per heavy atom. The number of benzene rings is 1. The Morgan fingerprint density at radius 3 is 2.74 bits per heavy atom. The van der Waals surface area contributed by atoms with E-state index in [1.54, 1.807) is 6.92 Å². The number of phenols is 1. The van der Waals surface area contributed by atoms with Gasteiger partial charge in [0.2, 0.25) is 5.91 Å². The summed E-state index contributed by atoms with van der Waals surface area (Å²) in [6.07, 6.45) is 8.83. The summed E-state index contributed by atoms with van der Waals surface area (Å²) in [6.45, 7) is 15.6. The lowest BCUT2D eigenvalue weighted by molar-refractivity contribution is -0.158. The van der Waals surface area contributed by atoms with Gasteiger partial charge in [0.15, 0.2) is 6.79 Å². The lowest BCUT2D eigenvalue weighted by Gasteiger charge is -2.43. The molecule has 0 saturated carbocycles. The molecule has 2 aliphatic heterocycles. The lowest BCUT2D eigenvalue weighted by Crippen LogP contribution is -2.60. The topological polar surface area (TPSA) is 106 Å². The fourth-order valence-electron chi connectivity index (χ4n) is 6.14. The van der Waals surface area contributed by atoms with Crippen LogP contribution in [0.25, 0.3) is 0 Å². The normalized spacial score (nSPS) is 23.8. The maximum absolute atomic E-state index is 12.9. The molecule has 1 unspecified atom stereocenters. The number of fused-ring (bicyclic) bond motifs is 1. The Bertz CT molecular complexity index is 1300. The standard InChI is InChI=1S/C34H45NO7S/c1-7-9-10-11-23-16-26(37)30(25-15-21(5)12-13-24(25)20(3)4)27(17-23)42-19-40-18-28-31(34(39)41-14-8-2)35-32(38)29(22(6)36)33(35)43-28/h8,15-17,22,24-25,29,33,36-37H,2-3,7,9-14,18-19H2,1,4-6H3/t22-,24+,25-,29+,33?/m1/s1. The Hall–Kier alpha value is -3.01. The number of aliphatic hydroxyl groups is 1. The summed E-state index contributed by atoms with van der Waals surface area (Å²) >= 11 is 1.32. The minimum atomic E-state index is -0.841. The highest BCUT2D eigenvalue weighted by molar-refractivity contribution is 8.04. The number of hydrogen-bond acceptors (Lipinski definition) is 8. The maximum Gasteiger partial charge on any atom is 0.356 e.